The predicted octanol–water partition coefficient (Wildman–Crippen LogP) is 2.76. The van der Waals surface area contributed by atoms with Gasteiger partial charge < -0.3 is 35.5 Å². The minimum Gasteiger partial charge on any atom is -0.396 e. The van der Waals surface area contributed by atoms with Crippen LogP contribution in [0.4, 0.5) is 0 Å². The first-order chi connectivity index (χ1) is 17.3. The SMILES string of the molecule is NC(=O)c1cn(Cc2ccc3ccccc3c2)c2ccc(Br)cc12.OCC1CC(O)[C@H](CO)C(O)O1. The van der Waals surface area contributed by atoms with Gasteiger partial charge in [-0.3, -0.25) is 4.79 Å². The molecule has 190 valence electrons. The van der Waals surface area contributed by atoms with Gasteiger partial charge in [-0.05, 0) is 40.6 Å². The van der Waals surface area contributed by atoms with Crippen molar-refractivity contribution in [2.24, 2.45) is 11.7 Å². The van der Waals surface area contributed by atoms with E-state index in [1.807, 2.05) is 36.5 Å². The van der Waals surface area contributed by atoms with Crippen molar-refractivity contribution >= 4 is 43.5 Å². The third-order valence-corrected chi connectivity index (χ3v) is 6.88. The molecule has 0 bridgehead atoms. The number of aliphatic hydroxyl groups excluding tert-OH is 4. The number of halogens is 1. The number of aliphatic hydroxyl groups is 4. The number of aromatic nitrogens is 1. The zero-order valence-corrected chi connectivity index (χ0v) is 21.1. The van der Waals surface area contributed by atoms with E-state index < -0.39 is 30.3 Å². The summed E-state index contributed by atoms with van der Waals surface area (Å²) in [5, 5.41) is 39.2. The van der Waals surface area contributed by atoms with Gasteiger partial charge in [0.05, 0.1) is 36.9 Å². The van der Waals surface area contributed by atoms with Gasteiger partial charge in [-0.1, -0.05) is 52.3 Å². The molecule has 2 heterocycles. The molecule has 3 aromatic carbocycles. The molecule has 1 aliphatic heterocycles. The molecule has 6 N–H and O–H groups in total. The van der Waals surface area contributed by atoms with Gasteiger partial charge >= 0.3 is 0 Å². The maximum atomic E-state index is 11.8. The number of ether oxygens (including phenoxy) is 1. The lowest BCUT2D eigenvalue weighted by Crippen LogP contribution is -2.46. The van der Waals surface area contributed by atoms with Crippen LogP contribution in [0.1, 0.15) is 22.3 Å². The number of carbonyl (C=O) groups is 1. The second kappa shape index (κ2) is 11.5. The lowest BCUT2D eigenvalue weighted by Gasteiger charge is -2.35. The molecule has 4 aromatic rings. The Labute approximate surface area is 216 Å². The third kappa shape index (κ3) is 5.78. The van der Waals surface area contributed by atoms with Crippen LogP contribution in [-0.4, -0.2) is 62.6 Å². The highest BCUT2D eigenvalue weighted by Gasteiger charge is 2.35. The molecular formula is C27H29BrN2O6. The Morgan fingerprint density at radius 2 is 1.78 bits per heavy atom. The predicted molar refractivity (Wildman–Crippen MR) is 140 cm³/mol. The third-order valence-electron chi connectivity index (χ3n) is 6.39. The van der Waals surface area contributed by atoms with Gasteiger partial charge in [-0.15, -0.1) is 0 Å². The zero-order chi connectivity index (χ0) is 25.8. The van der Waals surface area contributed by atoms with Gasteiger partial charge in [-0.25, -0.2) is 0 Å². The number of benzene rings is 3. The Bertz CT molecular complexity index is 1340. The highest BCUT2D eigenvalue weighted by Crippen LogP contribution is 2.27. The second-order valence-corrected chi connectivity index (χ2v) is 9.77. The summed E-state index contributed by atoms with van der Waals surface area (Å²) in [5.41, 5.74) is 8.28. The van der Waals surface area contributed by atoms with E-state index in [1.54, 1.807) is 0 Å². The fourth-order valence-electron chi connectivity index (χ4n) is 4.45. The van der Waals surface area contributed by atoms with Gasteiger partial charge in [0.2, 0.25) is 0 Å². The quantitative estimate of drug-likeness (QED) is 0.256. The number of carbonyl (C=O) groups excluding carboxylic acids is 1. The summed E-state index contributed by atoms with van der Waals surface area (Å²) in [4.78, 5) is 11.8. The first-order valence-corrected chi connectivity index (χ1v) is 12.4. The number of primary amides is 1. The normalized spacial score (nSPS) is 21.8. The maximum Gasteiger partial charge on any atom is 0.250 e. The summed E-state index contributed by atoms with van der Waals surface area (Å²) in [5.74, 6) is -1.07. The van der Waals surface area contributed by atoms with Crippen LogP contribution in [0.3, 0.4) is 0 Å². The second-order valence-electron chi connectivity index (χ2n) is 8.86. The molecule has 4 atom stereocenters. The van der Waals surface area contributed by atoms with Gasteiger partial charge in [0, 0.05) is 34.5 Å². The van der Waals surface area contributed by atoms with Crippen LogP contribution in [-0.2, 0) is 11.3 Å². The first kappa shape index (κ1) is 26.3. The van der Waals surface area contributed by atoms with E-state index in [4.69, 9.17) is 20.7 Å². The maximum absolute atomic E-state index is 11.8. The van der Waals surface area contributed by atoms with E-state index >= 15 is 0 Å². The first-order valence-electron chi connectivity index (χ1n) is 11.6. The minimum absolute atomic E-state index is 0.230. The van der Waals surface area contributed by atoms with Crippen LogP contribution in [0.25, 0.3) is 21.7 Å². The molecule has 0 spiro atoms. The number of nitrogens with two attached hydrogens (primary N) is 1. The number of rotatable bonds is 5. The van der Waals surface area contributed by atoms with Crippen molar-refractivity contribution in [2.45, 2.75) is 31.5 Å². The fraction of sp³-hybridized carbons (Fsp3) is 0.296. The van der Waals surface area contributed by atoms with E-state index in [2.05, 4.69) is 50.8 Å². The summed E-state index contributed by atoms with van der Waals surface area (Å²) >= 11 is 3.46. The van der Waals surface area contributed by atoms with Crippen molar-refractivity contribution in [2.75, 3.05) is 13.2 Å². The number of fused-ring (bicyclic) bond motifs is 2. The van der Waals surface area contributed by atoms with E-state index in [0.29, 0.717) is 12.1 Å². The van der Waals surface area contributed by atoms with E-state index in [0.717, 1.165) is 15.4 Å². The monoisotopic (exact) mass is 556 g/mol. The van der Waals surface area contributed by atoms with Crippen molar-refractivity contribution in [3.63, 3.8) is 0 Å². The van der Waals surface area contributed by atoms with Gasteiger partial charge in [-0.2, -0.15) is 0 Å². The average Bonchev–Trinajstić information content (AvgIpc) is 3.21. The number of hydrogen-bond donors (Lipinski definition) is 5. The molecule has 1 aromatic heterocycles. The highest BCUT2D eigenvalue weighted by molar-refractivity contribution is 9.10. The van der Waals surface area contributed by atoms with Gasteiger partial charge in [0.1, 0.15) is 0 Å². The van der Waals surface area contributed by atoms with Crippen molar-refractivity contribution in [1.82, 2.24) is 4.57 Å². The van der Waals surface area contributed by atoms with E-state index in [9.17, 15) is 15.0 Å². The minimum atomic E-state index is -1.18. The molecule has 1 aliphatic rings. The molecule has 9 heteroatoms. The molecule has 5 rings (SSSR count). The van der Waals surface area contributed by atoms with Crippen molar-refractivity contribution in [3.05, 3.63) is 82.5 Å². The van der Waals surface area contributed by atoms with Gasteiger partial charge in [0.15, 0.2) is 6.29 Å². The fourth-order valence-corrected chi connectivity index (χ4v) is 4.81. The van der Waals surface area contributed by atoms with Crippen LogP contribution in [0.2, 0.25) is 0 Å². The molecule has 1 amide bonds. The molecule has 8 nitrogen and oxygen atoms in total. The lowest BCUT2D eigenvalue weighted by molar-refractivity contribution is -0.237. The lowest BCUT2D eigenvalue weighted by atomic mass is 9.94. The molecule has 36 heavy (non-hydrogen) atoms. The average molecular weight is 557 g/mol. The standard InChI is InChI=1S/C20H15BrN2O.C7H14O5/c21-16-7-8-19-17(10-16)18(20(22)24)12-23(19)11-13-5-6-14-3-1-2-4-15(14)9-13;8-2-4-1-6(10)5(3-9)7(11)12-4/h1-10,12H,11H2,(H2,22,24);4-11H,1-3H2/t;4?,5-,6?,7?/m.0/s1. The Balaban J connectivity index is 0.000000214. The van der Waals surface area contributed by atoms with Crippen LogP contribution in [0.5, 0.6) is 0 Å². The molecule has 1 fully saturated rings. The Morgan fingerprint density at radius 1 is 1.03 bits per heavy atom. The number of amides is 1. The highest BCUT2D eigenvalue weighted by atomic mass is 79.9. The van der Waals surface area contributed by atoms with Crippen molar-refractivity contribution < 1.29 is 30.0 Å². The van der Waals surface area contributed by atoms with Crippen LogP contribution in [0, 0.1) is 5.92 Å². The Morgan fingerprint density at radius 3 is 2.44 bits per heavy atom. The summed E-state index contributed by atoms with van der Waals surface area (Å²) in [6, 6.07) is 20.6. The molecule has 0 radical (unpaired) electrons. The smallest absolute Gasteiger partial charge is 0.250 e. The van der Waals surface area contributed by atoms with Crippen molar-refractivity contribution in [1.29, 1.82) is 0 Å². The van der Waals surface area contributed by atoms with E-state index in [-0.39, 0.29) is 19.6 Å². The topological polar surface area (TPSA) is 138 Å². The van der Waals surface area contributed by atoms with E-state index in [1.165, 1.54) is 16.3 Å². The number of hydrogen-bond acceptors (Lipinski definition) is 6. The number of nitrogens with zero attached hydrogens (tertiary/aromatic N) is 1. The Hall–Kier alpha value is -2.79. The molecule has 1 saturated heterocycles. The largest absolute Gasteiger partial charge is 0.396 e. The molecule has 0 aliphatic carbocycles. The van der Waals surface area contributed by atoms with Crippen LogP contribution in [0.15, 0.2) is 71.3 Å². The van der Waals surface area contributed by atoms with Gasteiger partial charge in [0.25, 0.3) is 5.91 Å². The van der Waals surface area contributed by atoms with Crippen LogP contribution >= 0.6 is 15.9 Å². The zero-order valence-electron chi connectivity index (χ0n) is 19.5. The van der Waals surface area contributed by atoms with Crippen LogP contribution < -0.4 is 5.73 Å². The molecule has 3 unspecified atom stereocenters. The Kier molecular flexibility index (Phi) is 8.40. The summed E-state index contributed by atoms with van der Waals surface area (Å²) in [7, 11) is 0. The van der Waals surface area contributed by atoms with Crippen molar-refractivity contribution in [3.8, 4) is 0 Å². The summed E-state index contributed by atoms with van der Waals surface area (Å²) in [6.07, 6.45) is -0.433. The molecular weight excluding hydrogens is 528 g/mol. The molecule has 0 saturated carbocycles. The summed E-state index contributed by atoms with van der Waals surface area (Å²) < 4.78 is 7.90. The summed E-state index contributed by atoms with van der Waals surface area (Å²) in [6.45, 7) is 0.142.